The highest BCUT2D eigenvalue weighted by molar-refractivity contribution is 6.46. The van der Waals surface area contributed by atoms with Crippen LogP contribution in [-0.4, -0.2) is 23.0 Å². The Balaban J connectivity index is 3.11. The number of anilines is 1. The van der Waals surface area contributed by atoms with Gasteiger partial charge in [-0.15, -0.1) is 0 Å². The van der Waals surface area contributed by atoms with Crippen molar-refractivity contribution in [3.8, 4) is 0 Å². The van der Waals surface area contributed by atoms with Gasteiger partial charge in [0.1, 0.15) is 5.02 Å². The zero-order valence-electron chi connectivity index (χ0n) is 9.04. The fraction of sp³-hybridized carbons (Fsp3) is 0.222. The first-order valence-corrected chi connectivity index (χ1v) is 5.69. The standard InChI is InChI=1S/C9H8Cl3N3O3/c1-2(8(14)16)18-9(17)6-3(10)5(13)4(11)7(12)15-6/h2H,1H3,(H2,13,15)(H2,14,16)/t2-/m0/s1. The second-order valence-corrected chi connectivity index (χ2v) is 4.36. The van der Waals surface area contributed by atoms with Crippen molar-refractivity contribution < 1.29 is 14.3 Å². The molecule has 0 saturated heterocycles. The smallest absolute Gasteiger partial charge is 0.359 e. The minimum Gasteiger partial charge on any atom is -0.448 e. The third-order valence-corrected chi connectivity index (χ3v) is 3.09. The zero-order chi connectivity index (χ0) is 14.0. The molecular weight excluding hydrogens is 304 g/mol. The van der Waals surface area contributed by atoms with Crippen LogP contribution in [0.3, 0.4) is 0 Å². The van der Waals surface area contributed by atoms with Crippen molar-refractivity contribution in [2.45, 2.75) is 13.0 Å². The number of rotatable bonds is 3. The molecule has 0 fully saturated rings. The third-order valence-electron chi connectivity index (χ3n) is 1.95. The number of primary amides is 1. The molecule has 0 aliphatic carbocycles. The van der Waals surface area contributed by atoms with Crippen LogP contribution in [0.1, 0.15) is 17.4 Å². The quantitative estimate of drug-likeness (QED) is 0.651. The SMILES string of the molecule is C[C@H](OC(=O)c1nc(Cl)c(Cl)c(N)c1Cl)C(N)=O. The Bertz CT molecular complexity index is 522. The fourth-order valence-electron chi connectivity index (χ4n) is 0.941. The van der Waals surface area contributed by atoms with Crippen LogP contribution in [0.4, 0.5) is 5.69 Å². The molecule has 0 spiro atoms. The highest BCUT2D eigenvalue weighted by atomic mass is 35.5. The van der Waals surface area contributed by atoms with E-state index in [1.165, 1.54) is 6.92 Å². The van der Waals surface area contributed by atoms with E-state index in [2.05, 4.69) is 4.98 Å². The number of nitrogens with two attached hydrogens (primary N) is 2. The monoisotopic (exact) mass is 311 g/mol. The van der Waals surface area contributed by atoms with Gasteiger partial charge in [-0.3, -0.25) is 4.79 Å². The minimum atomic E-state index is -1.13. The third kappa shape index (κ3) is 2.95. The van der Waals surface area contributed by atoms with Gasteiger partial charge < -0.3 is 16.2 Å². The molecule has 6 nitrogen and oxygen atoms in total. The predicted octanol–water partition coefficient (Wildman–Crippen LogP) is 1.65. The summed E-state index contributed by atoms with van der Waals surface area (Å²) < 4.78 is 4.71. The van der Waals surface area contributed by atoms with Gasteiger partial charge in [-0.25, -0.2) is 9.78 Å². The summed E-state index contributed by atoms with van der Waals surface area (Å²) in [6.45, 7) is 1.30. The molecule has 0 saturated carbocycles. The molecule has 9 heteroatoms. The average molecular weight is 313 g/mol. The van der Waals surface area contributed by atoms with E-state index in [1.807, 2.05) is 0 Å². The summed E-state index contributed by atoms with van der Waals surface area (Å²) in [5.74, 6) is -1.79. The number of esters is 1. The maximum absolute atomic E-state index is 11.7. The Kier molecular flexibility index (Phi) is 4.61. The minimum absolute atomic E-state index is 0.0684. The Labute approximate surface area is 117 Å². The van der Waals surface area contributed by atoms with Gasteiger partial charge in [-0.1, -0.05) is 34.8 Å². The zero-order valence-corrected chi connectivity index (χ0v) is 11.3. The number of pyridine rings is 1. The van der Waals surface area contributed by atoms with Crippen molar-refractivity contribution in [1.82, 2.24) is 4.98 Å². The van der Waals surface area contributed by atoms with E-state index in [-0.39, 0.29) is 26.6 Å². The molecule has 4 N–H and O–H groups in total. The summed E-state index contributed by atoms with van der Waals surface area (Å²) in [6, 6.07) is 0. The maximum Gasteiger partial charge on any atom is 0.359 e. The van der Waals surface area contributed by atoms with Crippen LogP contribution < -0.4 is 11.5 Å². The Hall–Kier alpha value is -1.24. The molecule has 0 aliphatic rings. The van der Waals surface area contributed by atoms with Gasteiger partial charge in [0, 0.05) is 0 Å². The van der Waals surface area contributed by atoms with Gasteiger partial charge in [0.15, 0.2) is 17.0 Å². The lowest BCUT2D eigenvalue weighted by Gasteiger charge is -2.11. The lowest BCUT2D eigenvalue weighted by Crippen LogP contribution is -2.30. The second-order valence-electron chi connectivity index (χ2n) is 3.24. The van der Waals surface area contributed by atoms with E-state index in [0.29, 0.717) is 0 Å². The number of nitrogens with zero attached hydrogens (tertiary/aromatic N) is 1. The van der Waals surface area contributed by atoms with Crippen molar-refractivity contribution in [3.05, 3.63) is 20.9 Å². The molecule has 18 heavy (non-hydrogen) atoms. The van der Waals surface area contributed by atoms with Gasteiger partial charge in [-0.2, -0.15) is 0 Å². The van der Waals surface area contributed by atoms with Gasteiger partial charge >= 0.3 is 5.97 Å². The summed E-state index contributed by atoms with van der Waals surface area (Å²) in [4.78, 5) is 26.1. The Morgan fingerprint density at radius 3 is 2.33 bits per heavy atom. The van der Waals surface area contributed by atoms with E-state index in [0.717, 1.165) is 0 Å². The topological polar surface area (TPSA) is 108 Å². The summed E-state index contributed by atoms with van der Waals surface area (Å²) in [6.07, 6.45) is -1.13. The number of ether oxygens (including phenoxy) is 1. The molecule has 98 valence electrons. The van der Waals surface area contributed by atoms with Crippen LogP contribution >= 0.6 is 34.8 Å². The van der Waals surface area contributed by atoms with E-state index >= 15 is 0 Å². The lowest BCUT2D eigenvalue weighted by molar-refractivity contribution is -0.125. The van der Waals surface area contributed by atoms with Crippen molar-refractivity contribution in [2.24, 2.45) is 5.73 Å². The summed E-state index contributed by atoms with van der Waals surface area (Å²) in [7, 11) is 0. The van der Waals surface area contributed by atoms with Gasteiger partial charge in [-0.05, 0) is 6.92 Å². The number of hydrogen-bond donors (Lipinski definition) is 2. The first-order chi connectivity index (χ1) is 8.25. The van der Waals surface area contributed by atoms with Crippen LogP contribution in [0.15, 0.2) is 0 Å². The molecule has 1 heterocycles. The van der Waals surface area contributed by atoms with Crippen molar-refractivity contribution >= 4 is 52.4 Å². The van der Waals surface area contributed by atoms with E-state index in [9.17, 15) is 9.59 Å². The summed E-state index contributed by atoms with van der Waals surface area (Å²) in [5, 5.41) is -0.468. The van der Waals surface area contributed by atoms with Crippen molar-refractivity contribution in [3.63, 3.8) is 0 Å². The van der Waals surface area contributed by atoms with Crippen LogP contribution in [-0.2, 0) is 9.53 Å². The van der Waals surface area contributed by atoms with E-state index in [4.69, 9.17) is 51.0 Å². The molecule has 1 aromatic rings. The first-order valence-electron chi connectivity index (χ1n) is 4.56. The number of aromatic nitrogens is 1. The number of carbonyl (C=O) groups is 2. The molecular formula is C9H8Cl3N3O3. The van der Waals surface area contributed by atoms with Crippen LogP contribution in [0.25, 0.3) is 0 Å². The van der Waals surface area contributed by atoms with Crippen LogP contribution in [0.5, 0.6) is 0 Å². The summed E-state index contributed by atoms with van der Waals surface area (Å²) >= 11 is 17.1. The fourth-order valence-corrected chi connectivity index (χ4v) is 1.53. The number of carbonyl (C=O) groups excluding carboxylic acids is 2. The molecule has 0 radical (unpaired) electrons. The molecule has 0 aliphatic heterocycles. The molecule has 1 amide bonds. The highest BCUT2D eigenvalue weighted by Gasteiger charge is 2.23. The van der Waals surface area contributed by atoms with Gasteiger partial charge in [0.2, 0.25) is 0 Å². The normalized spacial score (nSPS) is 12.0. The maximum atomic E-state index is 11.7. The van der Waals surface area contributed by atoms with Gasteiger partial charge in [0.05, 0.1) is 10.7 Å². The second kappa shape index (κ2) is 5.60. The number of amides is 1. The first kappa shape index (κ1) is 14.8. The van der Waals surface area contributed by atoms with E-state index < -0.39 is 18.0 Å². The Morgan fingerprint density at radius 1 is 1.28 bits per heavy atom. The number of hydrogen-bond acceptors (Lipinski definition) is 5. The largest absolute Gasteiger partial charge is 0.448 e. The molecule has 0 aromatic carbocycles. The average Bonchev–Trinajstić information content (AvgIpc) is 2.30. The van der Waals surface area contributed by atoms with Crippen LogP contribution in [0.2, 0.25) is 15.2 Å². The molecule has 1 aromatic heterocycles. The highest BCUT2D eigenvalue weighted by Crippen LogP contribution is 2.34. The Morgan fingerprint density at radius 2 is 1.83 bits per heavy atom. The van der Waals surface area contributed by atoms with Crippen molar-refractivity contribution in [2.75, 3.05) is 5.73 Å². The van der Waals surface area contributed by atoms with Crippen LogP contribution in [0, 0.1) is 0 Å². The predicted molar refractivity (Wildman–Crippen MR) is 67.8 cm³/mol. The molecule has 0 bridgehead atoms. The number of halogens is 3. The van der Waals surface area contributed by atoms with Crippen molar-refractivity contribution in [1.29, 1.82) is 0 Å². The molecule has 1 atom stereocenters. The molecule has 1 rings (SSSR count). The van der Waals surface area contributed by atoms with E-state index in [1.54, 1.807) is 0 Å². The molecule has 0 unspecified atom stereocenters. The summed E-state index contributed by atoms with van der Waals surface area (Å²) in [5.41, 5.74) is 10.0. The van der Waals surface area contributed by atoms with Gasteiger partial charge in [0.25, 0.3) is 5.91 Å². The number of nitrogen functional groups attached to an aromatic ring is 1. The lowest BCUT2D eigenvalue weighted by atomic mass is 10.3.